The van der Waals surface area contributed by atoms with Crippen molar-refractivity contribution in [2.75, 3.05) is 12.9 Å². The third-order valence-corrected chi connectivity index (χ3v) is 4.52. The number of hydrogen-bond acceptors (Lipinski definition) is 5. The molecule has 0 radical (unpaired) electrons. The van der Waals surface area contributed by atoms with E-state index in [9.17, 15) is 9.18 Å². The summed E-state index contributed by atoms with van der Waals surface area (Å²) in [6.07, 6.45) is 0. The molecule has 0 aliphatic heterocycles. The van der Waals surface area contributed by atoms with Crippen LogP contribution in [0.1, 0.15) is 0 Å². The van der Waals surface area contributed by atoms with Gasteiger partial charge in [-0.3, -0.25) is 9.36 Å². The molecule has 25 heavy (non-hydrogen) atoms. The Morgan fingerprint density at radius 2 is 1.84 bits per heavy atom. The van der Waals surface area contributed by atoms with E-state index in [1.54, 1.807) is 28.8 Å². The summed E-state index contributed by atoms with van der Waals surface area (Å²) in [5.74, 6) is -0.0489. The Labute approximate surface area is 152 Å². The Hall–Kier alpha value is -2.38. The second-order valence-corrected chi connectivity index (χ2v) is 6.37. The second-order valence-electron chi connectivity index (χ2n) is 4.99. The normalized spacial score (nSPS) is 10.7. The molecule has 0 fully saturated rings. The van der Waals surface area contributed by atoms with Crippen molar-refractivity contribution in [2.45, 2.75) is 5.16 Å². The number of halogens is 2. The van der Waals surface area contributed by atoms with Crippen molar-refractivity contribution in [1.29, 1.82) is 0 Å². The summed E-state index contributed by atoms with van der Waals surface area (Å²) in [6.45, 7) is 0. The fraction of sp³-hybridized carbons (Fsp3) is 0.118. The minimum Gasteiger partial charge on any atom is -0.468 e. The zero-order valence-corrected chi connectivity index (χ0v) is 14.7. The van der Waals surface area contributed by atoms with E-state index in [4.69, 9.17) is 11.6 Å². The lowest BCUT2D eigenvalue weighted by atomic mass is 10.2. The molecule has 1 heterocycles. The molecule has 0 aliphatic rings. The monoisotopic (exact) mass is 377 g/mol. The van der Waals surface area contributed by atoms with E-state index in [0.717, 1.165) is 5.56 Å². The van der Waals surface area contributed by atoms with Crippen LogP contribution in [0, 0.1) is 5.82 Å². The summed E-state index contributed by atoms with van der Waals surface area (Å²) in [5, 5.41) is 9.49. The highest BCUT2D eigenvalue weighted by Crippen LogP contribution is 2.28. The number of esters is 1. The Kier molecular flexibility index (Phi) is 5.35. The van der Waals surface area contributed by atoms with Gasteiger partial charge in [-0.15, -0.1) is 10.2 Å². The van der Waals surface area contributed by atoms with Gasteiger partial charge in [0.25, 0.3) is 0 Å². The van der Waals surface area contributed by atoms with Crippen molar-refractivity contribution in [2.24, 2.45) is 0 Å². The minimum atomic E-state index is -0.369. The average molecular weight is 378 g/mol. The van der Waals surface area contributed by atoms with Gasteiger partial charge in [0.2, 0.25) is 0 Å². The van der Waals surface area contributed by atoms with Gasteiger partial charge in [-0.05, 0) is 48.5 Å². The number of carbonyl (C=O) groups excluding carboxylic acids is 1. The smallest absolute Gasteiger partial charge is 0.316 e. The van der Waals surface area contributed by atoms with E-state index in [1.165, 1.54) is 31.0 Å². The lowest BCUT2D eigenvalue weighted by Gasteiger charge is -2.10. The first-order valence-corrected chi connectivity index (χ1v) is 8.62. The molecule has 0 bridgehead atoms. The highest BCUT2D eigenvalue weighted by Gasteiger charge is 2.17. The Morgan fingerprint density at radius 3 is 2.48 bits per heavy atom. The summed E-state index contributed by atoms with van der Waals surface area (Å²) in [5.41, 5.74) is 1.48. The van der Waals surface area contributed by atoms with Crippen LogP contribution in [0.3, 0.4) is 0 Å². The molecule has 0 N–H and O–H groups in total. The standard InChI is InChI=1S/C17H13ClFN3O2S/c1-24-15(23)10-25-17-21-20-16(11-2-4-12(18)5-3-11)22(17)14-8-6-13(19)7-9-14/h2-9H,10H2,1H3. The molecule has 8 heteroatoms. The fourth-order valence-corrected chi connectivity index (χ4v) is 3.06. The number of hydrogen-bond donors (Lipinski definition) is 0. The highest BCUT2D eigenvalue weighted by molar-refractivity contribution is 7.99. The van der Waals surface area contributed by atoms with Crippen LogP contribution in [0.4, 0.5) is 4.39 Å². The summed E-state index contributed by atoms with van der Waals surface area (Å²) >= 11 is 7.13. The summed E-state index contributed by atoms with van der Waals surface area (Å²) in [6, 6.07) is 13.1. The van der Waals surface area contributed by atoms with Gasteiger partial charge in [-0.2, -0.15) is 0 Å². The molecule has 1 aromatic heterocycles. The molecule has 0 atom stereocenters. The predicted molar refractivity (Wildman–Crippen MR) is 94.5 cm³/mol. The van der Waals surface area contributed by atoms with Crippen molar-refractivity contribution in [3.63, 3.8) is 0 Å². The Morgan fingerprint density at radius 1 is 1.16 bits per heavy atom. The van der Waals surface area contributed by atoms with Gasteiger partial charge >= 0.3 is 5.97 Å². The van der Waals surface area contributed by atoms with Crippen LogP contribution in [0.15, 0.2) is 53.7 Å². The van der Waals surface area contributed by atoms with E-state index in [2.05, 4.69) is 14.9 Å². The number of nitrogens with zero attached hydrogens (tertiary/aromatic N) is 3. The highest BCUT2D eigenvalue weighted by atomic mass is 35.5. The number of thioether (sulfide) groups is 1. The predicted octanol–water partition coefficient (Wildman–Crippen LogP) is 3.99. The Bertz CT molecular complexity index is 882. The topological polar surface area (TPSA) is 57.0 Å². The molecule has 2 aromatic carbocycles. The number of carbonyl (C=O) groups is 1. The fourth-order valence-electron chi connectivity index (χ4n) is 2.15. The number of methoxy groups -OCH3 is 1. The van der Waals surface area contributed by atoms with Crippen LogP contribution in [0.25, 0.3) is 17.1 Å². The van der Waals surface area contributed by atoms with Gasteiger partial charge in [0.15, 0.2) is 11.0 Å². The maximum atomic E-state index is 13.3. The molecule has 0 saturated carbocycles. The molecule has 0 aliphatic carbocycles. The first kappa shape index (κ1) is 17.4. The third kappa shape index (κ3) is 4.00. The van der Waals surface area contributed by atoms with E-state index >= 15 is 0 Å². The largest absolute Gasteiger partial charge is 0.468 e. The number of benzene rings is 2. The quantitative estimate of drug-likeness (QED) is 0.497. The molecular formula is C17H13ClFN3O2S. The van der Waals surface area contributed by atoms with Crippen LogP contribution in [-0.2, 0) is 9.53 Å². The SMILES string of the molecule is COC(=O)CSc1nnc(-c2ccc(Cl)cc2)n1-c1ccc(F)cc1. The average Bonchev–Trinajstić information content (AvgIpc) is 3.05. The molecule has 3 rings (SSSR count). The van der Waals surface area contributed by atoms with Gasteiger partial charge in [0, 0.05) is 16.3 Å². The summed E-state index contributed by atoms with van der Waals surface area (Å²) in [7, 11) is 1.33. The molecule has 3 aromatic rings. The van der Waals surface area contributed by atoms with Gasteiger partial charge in [0.1, 0.15) is 5.82 Å². The summed E-state index contributed by atoms with van der Waals surface area (Å²) in [4.78, 5) is 11.4. The van der Waals surface area contributed by atoms with Crippen molar-refractivity contribution < 1.29 is 13.9 Å². The number of ether oxygens (including phenoxy) is 1. The molecular weight excluding hydrogens is 365 g/mol. The van der Waals surface area contributed by atoms with Gasteiger partial charge in [0.05, 0.1) is 12.9 Å². The van der Waals surface area contributed by atoms with E-state index in [1.807, 2.05) is 12.1 Å². The van der Waals surface area contributed by atoms with Crippen LogP contribution >= 0.6 is 23.4 Å². The lowest BCUT2D eigenvalue weighted by Crippen LogP contribution is -2.05. The molecule has 0 saturated heterocycles. The molecule has 0 amide bonds. The van der Waals surface area contributed by atoms with E-state index in [0.29, 0.717) is 21.7 Å². The second kappa shape index (κ2) is 7.67. The van der Waals surface area contributed by atoms with Gasteiger partial charge in [-0.25, -0.2) is 4.39 Å². The minimum absolute atomic E-state index is 0.0937. The third-order valence-electron chi connectivity index (χ3n) is 3.37. The van der Waals surface area contributed by atoms with Gasteiger partial charge in [-0.1, -0.05) is 23.4 Å². The Balaban J connectivity index is 2.05. The van der Waals surface area contributed by atoms with Gasteiger partial charge < -0.3 is 4.74 Å². The van der Waals surface area contributed by atoms with Crippen LogP contribution in [0.5, 0.6) is 0 Å². The van der Waals surface area contributed by atoms with Crippen molar-refractivity contribution in [3.8, 4) is 17.1 Å². The zero-order chi connectivity index (χ0) is 17.8. The molecule has 0 unspecified atom stereocenters. The van der Waals surface area contributed by atoms with Crippen LogP contribution in [-0.4, -0.2) is 33.6 Å². The van der Waals surface area contributed by atoms with Crippen LogP contribution < -0.4 is 0 Å². The number of aromatic nitrogens is 3. The van der Waals surface area contributed by atoms with Crippen molar-refractivity contribution in [1.82, 2.24) is 14.8 Å². The lowest BCUT2D eigenvalue weighted by molar-refractivity contribution is -0.137. The molecule has 0 spiro atoms. The molecule has 5 nitrogen and oxygen atoms in total. The maximum absolute atomic E-state index is 13.3. The zero-order valence-electron chi connectivity index (χ0n) is 13.1. The first-order chi connectivity index (χ1) is 12.1. The van der Waals surface area contributed by atoms with Crippen molar-refractivity contribution in [3.05, 3.63) is 59.4 Å². The van der Waals surface area contributed by atoms with E-state index < -0.39 is 0 Å². The number of rotatable bonds is 5. The maximum Gasteiger partial charge on any atom is 0.316 e. The van der Waals surface area contributed by atoms with Crippen LogP contribution in [0.2, 0.25) is 5.02 Å². The first-order valence-electron chi connectivity index (χ1n) is 7.25. The molecule has 128 valence electrons. The van der Waals surface area contributed by atoms with Crippen molar-refractivity contribution >= 4 is 29.3 Å². The summed E-state index contributed by atoms with van der Waals surface area (Å²) < 4.78 is 19.7. The van der Waals surface area contributed by atoms with E-state index in [-0.39, 0.29) is 17.5 Å².